The maximum atomic E-state index is 12.2. The predicted octanol–water partition coefficient (Wildman–Crippen LogP) is 4.09. The lowest BCUT2D eigenvalue weighted by molar-refractivity contribution is -0.114. The SMILES string of the molecule is CCOc1ccc(NC(=O)Nc2cccc(NC(C)=O)c2)cc1OCC. The molecule has 0 aliphatic heterocycles. The Bertz CT molecular complexity index is 777. The molecule has 0 spiro atoms. The second-order valence-corrected chi connectivity index (χ2v) is 5.37. The van der Waals surface area contributed by atoms with E-state index in [0.29, 0.717) is 41.8 Å². The molecule has 7 heteroatoms. The molecule has 26 heavy (non-hydrogen) atoms. The molecule has 0 aromatic heterocycles. The zero-order valence-corrected chi connectivity index (χ0v) is 15.1. The van der Waals surface area contributed by atoms with Crippen LogP contribution in [-0.4, -0.2) is 25.2 Å². The van der Waals surface area contributed by atoms with Gasteiger partial charge in [0.05, 0.1) is 13.2 Å². The fourth-order valence-corrected chi connectivity index (χ4v) is 2.30. The number of urea groups is 1. The number of hydrogen-bond donors (Lipinski definition) is 3. The van der Waals surface area contributed by atoms with Crippen molar-refractivity contribution in [3.8, 4) is 11.5 Å². The number of benzene rings is 2. The van der Waals surface area contributed by atoms with Crippen molar-refractivity contribution >= 4 is 29.0 Å². The third-order valence-corrected chi connectivity index (χ3v) is 3.24. The van der Waals surface area contributed by atoms with Crippen LogP contribution in [0.4, 0.5) is 21.9 Å². The fourth-order valence-electron chi connectivity index (χ4n) is 2.30. The summed E-state index contributed by atoms with van der Waals surface area (Å²) in [6.45, 7) is 6.22. The van der Waals surface area contributed by atoms with Crippen LogP contribution in [0.25, 0.3) is 0 Å². The van der Waals surface area contributed by atoms with E-state index < -0.39 is 6.03 Å². The van der Waals surface area contributed by atoms with Gasteiger partial charge in [0.2, 0.25) is 5.91 Å². The highest BCUT2D eigenvalue weighted by Crippen LogP contribution is 2.30. The second kappa shape index (κ2) is 9.31. The molecule has 0 bridgehead atoms. The van der Waals surface area contributed by atoms with E-state index in [0.717, 1.165) is 0 Å². The highest BCUT2D eigenvalue weighted by atomic mass is 16.5. The summed E-state index contributed by atoms with van der Waals surface area (Å²) in [5, 5.41) is 8.13. The lowest BCUT2D eigenvalue weighted by atomic mass is 10.2. The molecule has 0 fully saturated rings. The first-order valence-corrected chi connectivity index (χ1v) is 8.37. The largest absolute Gasteiger partial charge is 0.490 e. The van der Waals surface area contributed by atoms with Crippen LogP contribution in [0.2, 0.25) is 0 Å². The van der Waals surface area contributed by atoms with Gasteiger partial charge in [0.25, 0.3) is 0 Å². The number of anilines is 3. The topological polar surface area (TPSA) is 88.7 Å². The van der Waals surface area contributed by atoms with Gasteiger partial charge in [-0.15, -0.1) is 0 Å². The van der Waals surface area contributed by atoms with Gasteiger partial charge in [-0.05, 0) is 44.2 Å². The van der Waals surface area contributed by atoms with E-state index in [2.05, 4.69) is 16.0 Å². The molecule has 0 radical (unpaired) electrons. The van der Waals surface area contributed by atoms with Crippen LogP contribution in [0.1, 0.15) is 20.8 Å². The van der Waals surface area contributed by atoms with Crippen molar-refractivity contribution in [2.24, 2.45) is 0 Å². The minimum absolute atomic E-state index is 0.176. The van der Waals surface area contributed by atoms with Crippen molar-refractivity contribution in [3.63, 3.8) is 0 Å². The summed E-state index contributed by atoms with van der Waals surface area (Å²) < 4.78 is 11.0. The average Bonchev–Trinajstić information content (AvgIpc) is 2.57. The summed E-state index contributed by atoms with van der Waals surface area (Å²) in [6, 6.07) is 11.7. The van der Waals surface area contributed by atoms with Crippen molar-refractivity contribution in [3.05, 3.63) is 42.5 Å². The first-order chi connectivity index (χ1) is 12.5. The van der Waals surface area contributed by atoms with Crippen molar-refractivity contribution in [1.82, 2.24) is 0 Å². The Kier molecular flexibility index (Phi) is 6.84. The zero-order chi connectivity index (χ0) is 18.9. The average molecular weight is 357 g/mol. The second-order valence-electron chi connectivity index (χ2n) is 5.37. The molecular formula is C19H23N3O4. The van der Waals surface area contributed by atoms with Crippen LogP contribution in [0.5, 0.6) is 11.5 Å². The van der Waals surface area contributed by atoms with E-state index in [1.165, 1.54) is 6.92 Å². The summed E-state index contributed by atoms with van der Waals surface area (Å²) in [5.74, 6) is 1.02. The van der Waals surface area contributed by atoms with Gasteiger partial charge < -0.3 is 25.4 Å². The maximum absolute atomic E-state index is 12.2. The van der Waals surface area contributed by atoms with E-state index >= 15 is 0 Å². The Morgan fingerprint density at radius 1 is 0.808 bits per heavy atom. The molecule has 0 saturated heterocycles. The third kappa shape index (κ3) is 5.70. The zero-order valence-electron chi connectivity index (χ0n) is 15.1. The van der Waals surface area contributed by atoms with Crippen LogP contribution >= 0.6 is 0 Å². The van der Waals surface area contributed by atoms with Crippen LogP contribution in [-0.2, 0) is 4.79 Å². The van der Waals surface area contributed by atoms with Gasteiger partial charge in [0, 0.05) is 30.1 Å². The normalized spacial score (nSPS) is 9.96. The predicted molar refractivity (Wildman–Crippen MR) is 102 cm³/mol. The maximum Gasteiger partial charge on any atom is 0.323 e. The molecule has 0 saturated carbocycles. The molecule has 138 valence electrons. The minimum atomic E-state index is -0.406. The van der Waals surface area contributed by atoms with Crippen molar-refractivity contribution in [1.29, 1.82) is 0 Å². The third-order valence-electron chi connectivity index (χ3n) is 3.24. The molecule has 0 aliphatic carbocycles. The molecule has 0 aliphatic rings. The Morgan fingerprint density at radius 2 is 1.38 bits per heavy atom. The Balaban J connectivity index is 2.05. The summed E-state index contributed by atoms with van der Waals surface area (Å²) in [4.78, 5) is 23.3. The van der Waals surface area contributed by atoms with E-state index in [9.17, 15) is 9.59 Å². The number of rotatable bonds is 7. The van der Waals surface area contributed by atoms with Crippen LogP contribution in [0.15, 0.2) is 42.5 Å². The van der Waals surface area contributed by atoms with E-state index in [1.807, 2.05) is 13.8 Å². The van der Waals surface area contributed by atoms with Gasteiger partial charge in [-0.3, -0.25) is 4.79 Å². The minimum Gasteiger partial charge on any atom is -0.490 e. The number of carbonyl (C=O) groups is 2. The van der Waals surface area contributed by atoms with Crippen LogP contribution < -0.4 is 25.4 Å². The van der Waals surface area contributed by atoms with E-state index in [4.69, 9.17) is 9.47 Å². The summed E-state index contributed by atoms with van der Waals surface area (Å²) in [5.41, 5.74) is 1.74. The highest BCUT2D eigenvalue weighted by Gasteiger charge is 2.09. The highest BCUT2D eigenvalue weighted by molar-refractivity contribution is 6.00. The van der Waals surface area contributed by atoms with Gasteiger partial charge in [-0.2, -0.15) is 0 Å². The van der Waals surface area contributed by atoms with Crippen molar-refractivity contribution in [2.45, 2.75) is 20.8 Å². The van der Waals surface area contributed by atoms with Gasteiger partial charge >= 0.3 is 6.03 Å². The van der Waals surface area contributed by atoms with Gasteiger partial charge in [0.1, 0.15) is 0 Å². The molecule has 3 N–H and O–H groups in total. The first-order valence-electron chi connectivity index (χ1n) is 8.37. The molecular weight excluding hydrogens is 334 g/mol. The molecule has 0 unspecified atom stereocenters. The number of amides is 3. The molecule has 2 aromatic rings. The Hall–Kier alpha value is -3.22. The summed E-state index contributed by atoms with van der Waals surface area (Å²) in [7, 11) is 0. The lowest BCUT2D eigenvalue weighted by Crippen LogP contribution is -2.19. The number of carbonyl (C=O) groups excluding carboxylic acids is 2. The molecule has 2 rings (SSSR count). The Morgan fingerprint density at radius 3 is 2.00 bits per heavy atom. The van der Waals surface area contributed by atoms with Gasteiger partial charge in [0.15, 0.2) is 11.5 Å². The standard InChI is InChI=1S/C19H23N3O4/c1-4-25-17-10-9-16(12-18(17)26-5-2)22-19(24)21-15-8-6-7-14(11-15)20-13(3)23/h6-12H,4-5H2,1-3H3,(H,20,23)(H2,21,22,24). The van der Waals surface area contributed by atoms with Crippen molar-refractivity contribution in [2.75, 3.05) is 29.2 Å². The van der Waals surface area contributed by atoms with Crippen molar-refractivity contribution < 1.29 is 19.1 Å². The molecule has 7 nitrogen and oxygen atoms in total. The fraction of sp³-hybridized carbons (Fsp3) is 0.263. The quantitative estimate of drug-likeness (QED) is 0.696. The summed E-state index contributed by atoms with van der Waals surface area (Å²) in [6.07, 6.45) is 0. The van der Waals surface area contributed by atoms with Crippen LogP contribution in [0, 0.1) is 0 Å². The smallest absolute Gasteiger partial charge is 0.323 e. The first kappa shape index (κ1) is 19.1. The molecule has 2 aromatic carbocycles. The lowest BCUT2D eigenvalue weighted by Gasteiger charge is -2.13. The molecule has 0 heterocycles. The number of nitrogens with one attached hydrogen (secondary N) is 3. The van der Waals surface area contributed by atoms with E-state index in [-0.39, 0.29) is 5.91 Å². The molecule has 0 atom stereocenters. The van der Waals surface area contributed by atoms with E-state index in [1.54, 1.807) is 42.5 Å². The monoisotopic (exact) mass is 357 g/mol. The molecule has 3 amide bonds. The van der Waals surface area contributed by atoms with Crippen LogP contribution in [0.3, 0.4) is 0 Å². The van der Waals surface area contributed by atoms with Gasteiger partial charge in [-0.1, -0.05) is 6.07 Å². The Labute approximate surface area is 152 Å². The number of hydrogen-bond acceptors (Lipinski definition) is 4. The number of ether oxygens (including phenoxy) is 2. The summed E-state index contributed by atoms with van der Waals surface area (Å²) >= 11 is 0. The van der Waals surface area contributed by atoms with Gasteiger partial charge in [-0.25, -0.2) is 4.79 Å².